The molecule has 0 aromatic heterocycles. The molecule has 1 aromatic carbocycles. The fraction of sp³-hybridized carbons (Fsp3) is 0.625. The number of hydrogen-bond donors (Lipinski definition) is 1. The van der Waals surface area contributed by atoms with Crippen LogP contribution in [0.2, 0.25) is 0 Å². The summed E-state index contributed by atoms with van der Waals surface area (Å²) in [4.78, 5) is 0. The van der Waals surface area contributed by atoms with Crippen LogP contribution in [0, 0.1) is 27.7 Å². The Kier molecular flexibility index (Phi) is 4.72. The summed E-state index contributed by atoms with van der Waals surface area (Å²) < 4.78 is 23.5. The molecule has 0 aliphatic heterocycles. The number of aryl methyl sites for hydroxylation is 2. The maximum atomic E-state index is 12.2. The van der Waals surface area contributed by atoms with E-state index < -0.39 is 14.6 Å². The van der Waals surface area contributed by atoms with Gasteiger partial charge in [0.15, 0.2) is 9.84 Å². The Bertz CT molecular complexity index is 590. The number of hydrogen-bond acceptors (Lipinski definition) is 3. The van der Waals surface area contributed by atoms with Crippen molar-refractivity contribution in [1.29, 1.82) is 0 Å². The second-order valence-electron chi connectivity index (χ2n) is 6.27. The third-order valence-electron chi connectivity index (χ3n) is 4.65. The summed E-state index contributed by atoms with van der Waals surface area (Å²) in [7, 11) is -1.36. The first-order chi connectivity index (χ1) is 8.95. The van der Waals surface area contributed by atoms with Crippen LogP contribution in [0.15, 0.2) is 6.07 Å². The predicted molar refractivity (Wildman–Crippen MR) is 86.1 cm³/mol. The first-order valence-electron chi connectivity index (χ1n) is 6.89. The summed E-state index contributed by atoms with van der Waals surface area (Å²) in [6, 6.07) is 1.94. The lowest BCUT2D eigenvalue weighted by Crippen LogP contribution is -2.44. The van der Waals surface area contributed by atoms with Gasteiger partial charge in [-0.15, -0.1) is 0 Å². The average Bonchev–Trinajstić information content (AvgIpc) is 2.30. The van der Waals surface area contributed by atoms with Crippen molar-refractivity contribution in [1.82, 2.24) is 5.32 Å². The molecule has 114 valence electrons. The molecular weight excluding hydrogens is 270 g/mol. The minimum Gasteiger partial charge on any atom is -0.312 e. The molecule has 0 heterocycles. The molecule has 0 saturated heterocycles. The highest BCUT2D eigenvalue weighted by Gasteiger charge is 2.40. The molecule has 4 heteroatoms. The standard InChI is InChI=1S/C16H27NO2S/c1-10-9-11(2)13(4)14(12(10)3)15(17-7)16(5,6)20(8,18)19/h9,15,17H,1-8H3. The highest BCUT2D eigenvalue weighted by atomic mass is 32.2. The van der Waals surface area contributed by atoms with Crippen molar-refractivity contribution >= 4 is 9.84 Å². The lowest BCUT2D eigenvalue weighted by atomic mass is 9.85. The van der Waals surface area contributed by atoms with Gasteiger partial charge in [-0.25, -0.2) is 8.42 Å². The van der Waals surface area contributed by atoms with Crippen molar-refractivity contribution in [3.8, 4) is 0 Å². The number of sulfone groups is 1. The molecular formula is C16H27NO2S. The molecule has 0 radical (unpaired) electrons. The summed E-state index contributed by atoms with van der Waals surface area (Å²) in [5, 5.41) is 3.22. The summed E-state index contributed by atoms with van der Waals surface area (Å²) in [6.45, 7) is 11.9. The fourth-order valence-corrected chi connectivity index (χ4v) is 3.40. The summed E-state index contributed by atoms with van der Waals surface area (Å²) in [6.07, 6.45) is 1.31. The van der Waals surface area contributed by atoms with E-state index in [0.29, 0.717) is 0 Å². The highest BCUT2D eigenvalue weighted by Crippen LogP contribution is 2.37. The van der Waals surface area contributed by atoms with Gasteiger partial charge in [0, 0.05) is 6.26 Å². The van der Waals surface area contributed by atoms with Crippen molar-refractivity contribution in [2.45, 2.75) is 52.3 Å². The summed E-state index contributed by atoms with van der Waals surface area (Å²) >= 11 is 0. The van der Waals surface area contributed by atoms with E-state index >= 15 is 0 Å². The highest BCUT2D eigenvalue weighted by molar-refractivity contribution is 7.92. The molecule has 0 aliphatic rings. The molecule has 0 aliphatic carbocycles. The molecule has 0 spiro atoms. The van der Waals surface area contributed by atoms with Crippen LogP contribution in [-0.2, 0) is 9.84 Å². The first kappa shape index (κ1) is 17.2. The van der Waals surface area contributed by atoms with E-state index in [4.69, 9.17) is 0 Å². The lowest BCUT2D eigenvalue weighted by molar-refractivity contribution is 0.443. The summed E-state index contributed by atoms with van der Waals surface area (Å²) in [5.41, 5.74) is 5.86. The Balaban J connectivity index is 3.65. The molecule has 1 atom stereocenters. The van der Waals surface area contributed by atoms with Crippen molar-refractivity contribution in [3.05, 3.63) is 33.9 Å². The molecule has 1 aromatic rings. The smallest absolute Gasteiger partial charge is 0.154 e. The normalized spacial score (nSPS) is 14.4. The molecule has 1 N–H and O–H groups in total. The van der Waals surface area contributed by atoms with Gasteiger partial charge in [0.05, 0.1) is 10.8 Å². The Morgan fingerprint density at radius 1 is 1.05 bits per heavy atom. The van der Waals surface area contributed by atoms with Crippen LogP contribution in [0.25, 0.3) is 0 Å². The molecule has 0 amide bonds. The number of benzene rings is 1. The average molecular weight is 297 g/mol. The van der Waals surface area contributed by atoms with E-state index in [1.807, 2.05) is 7.05 Å². The number of rotatable bonds is 4. The zero-order valence-corrected chi connectivity index (χ0v) is 14.7. The molecule has 20 heavy (non-hydrogen) atoms. The first-order valence-corrected chi connectivity index (χ1v) is 8.78. The largest absolute Gasteiger partial charge is 0.312 e. The quantitative estimate of drug-likeness (QED) is 0.929. The Morgan fingerprint density at radius 2 is 1.45 bits per heavy atom. The lowest BCUT2D eigenvalue weighted by Gasteiger charge is -2.35. The SMILES string of the molecule is CNC(c1c(C)c(C)cc(C)c1C)C(C)(C)S(C)(=O)=O. The van der Waals surface area contributed by atoms with Gasteiger partial charge in [-0.2, -0.15) is 0 Å². The zero-order chi connectivity index (χ0) is 15.9. The van der Waals surface area contributed by atoms with Gasteiger partial charge in [0.2, 0.25) is 0 Å². The van der Waals surface area contributed by atoms with Crippen molar-refractivity contribution < 1.29 is 8.42 Å². The van der Waals surface area contributed by atoms with Gasteiger partial charge < -0.3 is 5.32 Å². The molecule has 0 bridgehead atoms. The predicted octanol–water partition coefficient (Wildman–Crippen LogP) is 3.00. The van der Waals surface area contributed by atoms with Crippen LogP contribution in [-0.4, -0.2) is 26.5 Å². The minimum absolute atomic E-state index is 0.226. The molecule has 1 rings (SSSR count). The van der Waals surface area contributed by atoms with Crippen molar-refractivity contribution in [2.75, 3.05) is 13.3 Å². The van der Waals surface area contributed by atoms with Crippen LogP contribution in [0.5, 0.6) is 0 Å². The third-order valence-corrected chi connectivity index (χ3v) is 6.80. The second-order valence-corrected chi connectivity index (χ2v) is 8.87. The maximum Gasteiger partial charge on any atom is 0.154 e. The van der Waals surface area contributed by atoms with Gasteiger partial charge in [0.25, 0.3) is 0 Å². The van der Waals surface area contributed by atoms with Gasteiger partial charge in [-0.1, -0.05) is 6.07 Å². The van der Waals surface area contributed by atoms with E-state index in [1.165, 1.54) is 28.5 Å². The number of nitrogens with one attached hydrogen (secondary N) is 1. The second kappa shape index (κ2) is 5.49. The Morgan fingerprint density at radius 3 is 1.75 bits per heavy atom. The Labute approximate surface area is 123 Å². The maximum absolute atomic E-state index is 12.2. The van der Waals surface area contributed by atoms with Crippen molar-refractivity contribution in [3.63, 3.8) is 0 Å². The molecule has 0 saturated carbocycles. The van der Waals surface area contributed by atoms with E-state index in [1.54, 1.807) is 13.8 Å². The monoisotopic (exact) mass is 297 g/mol. The molecule has 0 fully saturated rings. The van der Waals surface area contributed by atoms with Crippen LogP contribution < -0.4 is 5.32 Å². The van der Waals surface area contributed by atoms with Gasteiger partial charge in [-0.05, 0) is 76.4 Å². The topological polar surface area (TPSA) is 46.2 Å². The van der Waals surface area contributed by atoms with Gasteiger partial charge in [0.1, 0.15) is 0 Å². The minimum atomic E-state index is -3.18. The van der Waals surface area contributed by atoms with Crippen LogP contribution in [0.4, 0.5) is 0 Å². The van der Waals surface area contributed by atoms with Crippen molar-refractivity contribution in [2.24, 2.45) is 0 Å². The summed E-state index contributed by atoms with van der Waals surface area (Å²) in [5.74, 6) is 0. The molecule has 1 unspecified atom stereocenters. The van der Waals surface area contributed by atoms with Crippen LogP contribution in [0.1, 0.15) is 47.7 Å². The van der Waals surface area contributed by atoms with Gasteiger partial charge >= 0.3 is 0 Å². The molecule has 3 nitrogen and oxygen atoms in total. The van der Waals surface area contributed by atoms with E-state index in [9.17, 15) is 8.42 Å². The fourth-order valence-electron chi connectivity index (χ4n) is 2.73. The third kappa shape index (κ3) is 2.77. The Hall–Kier alpha value is -0.870. The van der Waals surface area contributed by atoms with E-state index in [-0.39, 0.29) is 6.04 Å². The zero-order valence-electron chi connectivity index (χ0n) is 13.9. The van der Waals surface area contributed by atoms with Crippen LogP contribution >= 0.6 is 0 Å². The van der Waals surface area contributed by atoms with E-state index in [2.05, 4.69) is 39.1 Å². The van der Waals surface area contributed by atoms with Gasteiger partial charge in [-0.3, -0.25) is 0 Å². The van der Waals surface area contributed by atoms with E-state index in [0.717, 1.165) is 5.56 Å². The van der Waals surface area contributed by atoms with Crippen LogP contribution in [0.3, 0.4) is 0 Å².